The highest BCUT2D eigenvalue weighted by molar-refractivity contribution is 14.0. The molecule has 2 aromatic rings. The summed E-state index contributed by atoms with van der Waals surface area (Å²) in [5, 5.41) is 10.5. The molecule has 0 unspecified atom stereocenters. The molecule has 0 fully saturated rings. The predicted octanol–water partition coefficient (Wildman–Crippen LogP) is 3.89. The first-order valence-electron chi connectivity index (χ1n) is 8.50. The van der Waals surface area contributed by atoms with E-state index in [0.29, 0.717) is 6.54 Å². The first kappa shape index (κ1) is 21.5. The molecule has 0 aliphatic carbocycles. The van der Waals surface area contributed by atoms with Crippen LogP contribution in [0.1, 0.15) is 44.5 Å². The van der Waals surface area contributed by atoms with Crippen LogP contribution in [0.2, 0.25) is 0 Å². The Balaban J connectivity index is 0.00000312. The van der Waals surface area contributed by atoms with Crippen molar-refractivity contribution in [3.63, 3.8) is 0 Å². The maximum Gasteiger partial charge on any atom is 0.191 e. The molecule has 2 rings (SSSR count). The van der Waals surface area contributed by atoms with E-state index in [9.17, 15) is 0 Å². The Bertz CT molecular complexity index is 630. The Labute approximate surface area is 167 Å². The lowest BCUT2D eigenvalue weighted by atomic mass is 9.86. The van der Waals surface area contributed by atoms with Gasteiger partial charge in [0.2, 0.25) is 0 Å². The molecule has 1 aromatic carbocycles. The number of hydrogen-bond acceptors (Lipinski definition) is 3. The van der Waals surface area contributed by atoms with Crippen molar-refractivity contribution >= 4 is 29.9 Å². The fraction of sp³-hybridized carbons (Fsp3) is 0.474. The standard InChI is InChI=1S/C19H28N4O.HI/c1-5-20-18(22-14-17-11-13-24-23-17)21-12-10-15-6-8-16(9-7-15)19(2,3)4;/h6-9,11,13H,5,10,12,14H2,1-4H3,(H2,20,21,22);1H. The van der Waals surface area contributed by atoms with Crippen molar-refractivity contribution in [1.82, 2.24) is 15.8 Å². The van der Waals surface area contributed by atoms with Gasteiger partial charge in [-0.05, 0) is 29.9 Å². The van der Waals surface area contributed by atoms with Gasteiger partial charge in [-0.25, -0.2) is 4.99 Å². The lowest BCUT2D eigenvalue weighted by molar-refractivity contribution is 0.412. The normalized spacial score (nSPS) is 11.8. The van der Waals surface area contributed by atoms with E-state index in [1.807, 2.05) is 6.07 Å². The Morgan fingerprint density at radius 2 is 1.84 bits per heavy atom. The van der Waals surface area contributed by atoms with Crippen molar-refractivity contribution in [2.75, 3.05) is 13.1 Å². The quantitative estimate of drug-likeness (QED) is 0.394. The van der Waals surface area contributed by atoms with Crippen LogP contribution >= 0.6 is 24.0 Å². The summed E-state index contributed by atoms with van der Waals surface area (Å²) in [5.41, 5.74) is 3.71. The van der Waals surface area contributed by atoms with Gasteiger partial charge in [0, 0.05) is 19.2 Å². The topological polar surface area (TPSA) is 62.5 Å². The van der Waals surface area contributed by atoms with Crippen LogP contribution in [-0.2, 0) is 18.4 Å². The van der Waals surface area contributed by atoms with Crippen molar-refractivity contribution in [2.24, 2.45) is 4.99 Å². The number of nitrogens with one attached hydrogen (secondary N) is 2. The number of nitrogens with zero attached hydrogens (tertiary/aromatic N) is 2. The summed E-state index contributed by atoms with van der Waals surface area (Å²) < 4.78 is 4.82. The van der Waals surface area contributed by atoms with Gasteiger partial charge in [0.05, 0.1) is 6.54 Å². The Hall–Kier alpha value is -1.57. The van der Waals surface area contributed by atoms with Gasteiger partial charge >= 0.3 is 0 Å². The van der Waals surface area contributed by atoms with Crippen LogP contribution in [0.15, 0.2) is 46.1 Å². The molecule has 138 valence electrons. The number of benzene rings is 1. The number of hydrogen-bond donors (Lipinski definition) is 2. The number of aromatic nitrogens is 1. The molecule has 5 nitrogen and oxygen atoms in total. The minimum absolute atomic E-state index is 0. The van der Waals surface area contributed by atoms with E-state index in [2.05, 4.69) is 72.7 Å². The molecule has 0 radical (unpaired) electrons. The summed E-state index contributed by atoms with van der Waals surface area (Å²) in [5.74, 6) is 0.798. The van der Waals surface area contributed by atoms with Gasteiger partial charge in [-0.3, -0.25) is 0 Å². The first-order valence-corrected chi connectivity index (χ1v) is 8.50. The molecule has 1 heterocycles. The molecule has 0 bridgehead atoms. The van der Waals surface area contributed by atoms with Crippen LogP contribution in [0, 0.1) is 0 Å². The maximum atomic E-state index is 4.82. The molecule has 0 spiro atoms. The fourth-order valence-corrected chi connectivity index (χ4v) is 2.32. The summed E-state index contributed by atoms with van der Waals surface area (Å²) >= 11 is 0. The van der Waals surface area contributed by atoms with Crippen molar-refractivity contribution in [3.05, 3.63) is 53.4 Å². The SMILES string of the molecule is CCNC(=NCc1ccon1)NCCc1ccc(C(C)(C)C)cc1.I. The summed E-state index contributed by atoms with van der Waals surface area (Å²) in [6, 6.07) is 10.7. The minimum atomic E-state index is 0. The highest BCUT2D eigenvalue weighted by atomic mass is 127. The molecule has 0 aliphatic heterocycles. The van der Waals surface area contributed by atoms with E-state index < -0.39 is 0 Å². The van der Waals surface area contributed by atoms with Crippen LogP contribution in [0.25, 0.3) is 0 Å². The molecular weight excluding hydrogens is 427 g/mol. The molecule has 0 saturated carbocycles. The van der Waals surface area contributed by atoms with Crippen molar-refractivity contribution in [1.29, 1.82) is 0 Å². The third kappa shape index (κ3) is 7.46. The fourth-order valence-electron chi connectivity index (χ4n) is 2.32. The Morgan fingerprint density at radius 3 is 2.40 bits per heavy atom. The van der Waals surface area contributed by atoms with Gasteiger partial charge in [0.15, 0.2) is 5.96 Å². The molecule has 0 atom stereocenters. The summed E-state index contributed by atoms with van der Waals surface area (Å²) in [6.07, 6.45) is 2.52. The first-order chi connectivity index (χ1) is 11.5. The average molecular weight is 456 g/mol. The lowest BCUT2D eigenvalue weighted by Crippen LogP contribution is -2.38. The molecule has 25 heavy (non-hydrogen) atoms. The Morgan fingerprint density at radius 1 is 1.12 bits per heavy atom. The van der Waals surface area contributed by atoms with Crippen LogP contribution in [-0.4, -0.2) is 24.2 Å². The van der Waals surface area contributed by atoms with E-state index >= 15 is 0 Å². The Kier molecular flexibility index (Phi) is 8.96. The molecule has 2 N–H and O–H groups in total. The van der Waals surface area contributed by atoms with E-state index in [0.717, 1.165) is 31.2 Å². The average Bonchev–Trinajstić information content (AvgIpc) is 3.05. The monoisotopic (exact) mass is 456 g/mol. The maximum absolute atomic E-state index is 4.82. The second kappa shape index (κ2) is 10.4. The smallest absolute Gasteiger partial charge is 0.191 e. The second-order valence-electron chi connectivity index (χ2n) is 6.81. The van der Waals surface area contributed by atoms with Gasteiger partial charge in [-0.1, -0.05) is 50.2 Å². The molecule has 0 amide bonds. The van der Waals surface area contributed by atoms with E-state index in [4.69, 9.17) is 4.52 Å². The van der Waals surface area contributed by atoms with Crippen molar-refractivity contribution in [2.45, 2.75) is 46.1 Å². The summed E-state index contributed by atoms with van der Waals surface area (Å²) in [4.78, 5) is 4.51. The van der Waals surface area contributed by atoms with Gasteiger partial charge < -0.3 is 15.2 Å². The molecule has 0 aliphatic rings. The molecule has 1 aromatic heterocycles. The number of aliphatic imine (C=N–C) groups is 1. The minimum Gasteiger partial charge on any atom is -0.364 e. The van der Waals surface area contributed by atoms with E-state index in [1.54, 1.807) is 6.26 Å². The van der Waals surface area contributed by atoms with Gasteiger partial charge in [-0.2, -0.15) is 0 Å². The van der Waals surface area contributed by atoms with Crippen molar-refractivity contribution < 1.29 is 4.52 Å². The van der Waals surface area contributed by atoms with Gasteiger partial charge in [0.1, 0.15) is 12.0 Å². The molecule has 0 saturated heterocycles. The third-order valence-electron chi connectivity index (χ3n) is 3.76. The number of rotatable bonds is 6. The zero-order valence-electron chi connectivity index (χ0n) is 15.5. The zero-order valence-corrected chi connectivity index (χ0v) is 17.8. The second-order valence-corrected chi connectivity index (χ2v) is 6.81. The summed E-state index contributed by atoms with van der Waals surface area (Å²) in [6.45, 7) is 10.9. The zero-order chi connectivity index (χ0) is 17.4. The van der Waals surface area contributed by atoms with Gasteiger partial charge in [0.25, 0.3) is 0 Å². The highest BCUT2D eigenvalue weighted by Gasteiger charge is 2.12. The number of halogens is 1. The largest absolute Gasteiger partial charge is 0.364 e. The molecule has 6 heteroatoms. The van der Waals surface area contributed by atoms with E-state index in [1.165, 1.54) is 11.1 Å². The van der Waals surface area contributed by atoms with Crippen LogP contribution in [0.3, 0.4) is 0 Å². The van der Waals surface area contributed by atoms with Crippen molar-refractivity contribution in [3.8, 4) is 0 Å². The van der Waals surface area contributed by atoms with Crippen LogP contribution < -0.4 is 10.6 Å². The van der Waals surface area contributed by atoms with E-state index in [-0.39, 0.29) is 29.4 Å². The van der Waals surface area contributed by atoms with Crippen LogP contribution in [0.5, 0.6) is 0 Å². The lowest BCUT2D eigenvalue weighted by Gasteiger charge is -2.19. The highest BCUT2D eigenvalue weighted by Crippen LogP contribution is 2.22. The van der Waals surface area contributed by atoms with Crippen LogP contribution in [0.4, 0.5) is 0 Å². The molecular formula is C19H29IN4O. The predicted molar refractivity (Wildman–Crippen MR) is 114 cm³/mol. The summed E-state index contributed by atoms with van der Waals surface area (Å²) in [7, 11) is 0. The van der Waals surface area contributed by atoms with Gasteiger partial charge in [-0.15, -0.1) is 24.0 Å². The third-order valence-corrected chi connectivity index (χ3v) is 3.76. The number of guanidine groups is 1.